The molecule has 1 aromatic heterocycles. The summed E-state index contributed by atoms with van der Waals surface area (Å²) in [6.45, 7) is 6.73. The van der Waals surface area contributed by atoms with Gasteiger partial charge in [-0.2, -0.15) is 0 Å². The lowest BCUT2D eigenvalue weighted by atomic mass is 10.2. The van der Waals surface area contributed by atoms with Crippen molar-refractivity contribution < 1.29 is 9.84 Å². The van der Waals surface area contributed by atoms with Crippen LogP contribution in [0.3, 0.4) is 0 Å². The number of hydrogen-bond donors (Lipinski definition) is 3. The van der Waals surface area contributed by atoms with Crippen molar-refractivity contribution in [1.29, 1.82) is 0 Å². The number of aliphatic hydroxyl groups is 1. The highest BCUT2D eigenvalue weighted by Gasteiger charge is 2.28. The van der Waals surface area contributed by atoms with E-state index >= 15 is 0 Å². The third-order valence-corrected chi connectivity index (χ3v) is 6.09. The Balaban J connectivity index is 0.00000300. The lowest BCUT2D eigenvalue weighted by Gasteiger charge is -2.22. The largest absolute Gasteiger partial charge is 0.386 e. The monoisotopic (exact) mass is 532 g/mol. The number of ether oxygens (including phenoxy) is 1. The third-order valence-electron chi connectivity index (χ3n) is 4.88. The highest BCUT2D eigenvalue weighted by Crippen LogP contribution is 2.29. The van der Waals surface area contributed by atoms with Crippen LogP contribution in [0.1, 0.15) is 30.7 Å². The topological polar surface area (TPSA) is 69.1 Å². The Morgan fingerprint density at radius 1 is 1.31 bits per heavy atom. The maximum absolute atomic E-state index is 10.6. The molecule has 0 saturated heterocycles. The highest BCUT2D eigenvalue weighted by atomic mass is 127. The van der Waals surface area contributed by atoms with E-state index in [9.17, 15) is 5.11 Å². The Hall–Kier alpha value is -0.940. The summed E-state index contributed by atoms with van der Waals surface area (Å²) in [5.41, 5.74) is 0. The number of rotatable bonds is 11. The fraction of sp³-hybridized carbons (Fsp3) is 0.571. The number of hydrogen-bond acceptors (Lipinski definition) is 5. The van der Waals surface area contributed by atoms with Crippen molar-refractivity contribution in [2.24, 2.45) is 4.99 Å². The zero-order valence-electron chi connectivity index (χ0n) is 17.3. The number of benzene rings is 1. The number of aliphatic hydroxyl groups excluding tert-OH is 1. The molecule has 1 fully saturated rings. The second kappa shape index (κ2) is 12.7. The van der Waals surface area contributed by atoms with E-state index in [2.05, 4.69) is 45.6 Å². The number of aliphatic imine (C=N–C) groups is 1. The van der Waals surface area contributed by atoms with Crippen molar-refractivity contribution in [3.63, 3.8) is 0 Å². The molecule has 162 valence electrons. The molecule has 0 amide bonds. The van der Waals surface area contributed by atoms with Crippen molar-refractivity contribution in [2.45, 2.75) is 31.9 Å². The molecule has 1 aromatic carbocycles. The summed E-state index contributed by atoms with van der Waals surface area (Å²) in [5.74, 6) is 0.755. The molecular formula is C21H33IN4O2S. The van der Waals surface area contributed by atoms with Crippen LogP contribution in [-0.4, -0.2) is 68.4 Å². The van der Waals surface area contributed by atoms with E-state index in [1.807, 2.05) is 12.1 Å². The average Bonchev–Trinajstić information content (AvgIpc) is 3.45. The molecule has 1 heterocycles. The summed E-state index contributed by atoms with van der Waals surface area (Å²) in [7, 11) is 1.75. The predicted octanol–water partition coefficient (Wildman–Crippen LogP) is 3.22. The Labute approximate surface area is 194 Å². The predicted molar refractivity (Wildman–Crippen MR) is 133 cm³/mol. The van der Waals surface area contributed by atoms with Crippen LogP contribution in [0.5, 0.6) is 0 Å². The molecule has 0 spiro atoms. The van der Waals surface area contributed by atoms with Gasteiger partial charge in [0, 0.05) is 48.9 Å². The minimum absolute atomic E-state index is 0. The van der Waals surface area contributed by atoms with Gasteiger partial charge in [0.25, 0.3) is 0 Å². The molecular weight excluding hydrogens is 499 g/mol. The van der Waals surface area contributed by atoms with Gasteiger partial charge in [0.05, 0.1) is 13.2 Å². The average molecular weight is 532 g/mol. The molecule has 1 aliphatic carbocycles. The van der Waals surface area contributed by atoms with E-state index in [0.717, 1.165) is 43.6 Å². The van der Waals surface area contributed by atoms with E-state index in [0.29, 0.717) is 12.6 Å². The Morgan fingerprint density at radius 3 is 2.79 bits per heavy atom. The minimum Gasteiger partial charge on any atom is -0.386 e. The van der Waals surface area contributed by atoms with Crippen LogP contribution in [0.2, 0.25) is 0 Å². The molecule has 6 nitrogen and oxygen atoms in total. The summed E-state index contributed by atoms with van der Waals surface area (Å²) in [4.78, 5) is 8.02. The van der Waals surface area contributed by atoms with Gasteiger partial charge in [0.15, 0.2) is 5.96 Å². The molecule has 1 atom stereocenters. The van der Waals surface area contributed by atoms with Gasteiger partial charge in [0.1, 0.15) is 6.10 Å². The summed E-state index contributed by atoms with van der Waals surface area (Å²) < 4.78 is 6.42. The van der Waals surface area contributed by atoms with Gasteiger partial charge in [-0.1, -0.05) is 18.2 Å². The molecule has 0 radical (unpaired) electrons. The fourth-order valence-electron chi connectivity index (χ4n) is 3.22. The lowest BCUT2D eigenvalue weighted by molar-refractivity contribution is 0.144. The van der Waals surface area contributed by atoms with E-state index in [-0.39, 0.29) is 24.0 Å². The Kier molecular flexibility index (Phi) is 10.6. The number of nitrogens with zero attached hydrogens (tertiary/aromatic N) is 2. The first-order chi connectivity index (χ1) is 13.7. The Bertz CT molecular complexity index is 733. The van der Waals surface area contributed by atoms with Crippen LogP contribution < -0.4 is 10.6 Å². The van der Waals surface area contributed by atoms with Gasteiger partial charge in [-0.3, -0.25) is 9.89 Å². The van der Waals surface area contributed by atoms with Crippen LogP contribution in [0.25, 0.3) is 10.1 Å². The van der Waals surface area contributed by atoms with E-state index < -0.39 is 6.10 Å². The number of nitrogens with one attached hydrogen (secondary N) is 2. The number of halogens is 1. The van der Waals surface area contributed by atoms with Crippen LogP contribution in [0.4, 0.5) is 0 Å². The summed E-state index contributed by atoms with van der Waals surface area (Å²) in [5, 5.41) is 18.4. The summed E-state index contributed by atoms with van der Waals surface area (Å²) in [6.07, 6.45) is 2.00. The zero-order valence-corrected chi connectivity index (χ0v) is 20.4. The van der Waals surface area contributed by atoms with Crippen LogP contribution in [0.15, 0.2) is 35.3 Å². The SMILES string of the molecule is CCNC(=NCC(O)c1cc2ccccc2s1)NCCN(CCOC)C1CC1.I. The standard InChI is InChI=1S/C21H32N4O2S.HI/c1-3-22-21(23-10-11-25(12-13-27-2)17-8-9-17)24-15-18(26)20-14-16-6-4-5-7-19(16)28-20;/h4-7,14,17-18,26H,3,8-13,15H2,1-2H3,(H2,22,23,24);1H. The van der Waals surface area contributed by atoms with Crippen LogP contribution in [-0.2, 0) is 4.74 Å². The number of methoxy groups -OCH3 is 1. The summed E-state index contributed by atoms with van der Waals surface area (Å²) >= 11 is 1.63. The van der Waals surface area contributed by atoms with Crippen molar-refractivity contribution in [3.8, 4) is 0 Å². The maximum Gasteiger partial charge on any atom is 0.191 e. The third kappa shape index (κ3) is 7.67. The first-order valence-corrected chi connectivity index (χ1v) is 10.9. The van der Waals surface area contributed by atoms with Gasteiger partial charge < -0.3 is 20.5 Å². The first-order valence-electron chi connectivity index (χ1n) is 10.1. The second-order valence-electron chi connectivity index (χ2n) is 7.11. The molecule has 3 N–H and O–H groups in total. The van der Waals surface area contributed by atoms with Crippen molar-refractivity contribution in [2.75, 3.05) is 46.4 Å². The minimum atomic E-state index is -0.586. The highest BCUT2D eigenvalue weighted by molar-refractivity contribution is 14.0. The second-order valence-corrected chi connectivity index (χ2v) is 8.22. The molecule has 1 aliphatic rings. The van der Waals surface area contributed by atoms with Crippen LogP contribution >= 0.6 is 35.3 Å². The Morgan fingerprint density at radius 2 is 2.10 bits per heavy atom. The van der Waals surface area contributed by atoms with Gasteiger partial charge >= 0.3 is 0 Å². The van der Waals surface area contributed by atoms with Gasteiger partial charge in [-0.05, 0) is 37.3 Å². The normalized spacial score (nSPS) is 15.4. The molecule has 8 heteroatoms. The van der Waals surface area contributed by atoms with E-state index in [1.165, 1.54) is 22.9 Å². The van der Waals surface area contributed by atoms with E-state index in [4.69, 9.17) is 4.74 Å². The fourth-order valence-corrected chi connectivity index (χ4v) is 4.26. The lowest BCUT2D eigenvalue weighted by Crippen LogP contribution is -2.43. The molecule has 1 unspecified atom stereocenters. The summed E-state index contributed by atoms with van der Waals surface area (Å²) in [6, 6.07) is 11.0. The van der Waals surface area contributed by atoms with Gasteiger partial charge in [0.2, 0.25) is 0 Å². The molecule has 2 aromatic rings. The number of fused-ring (bicyclic) bond motifs is 1. The quantitative estimate of drug-likeness (QED) is 0.236. The number of thiophene rings is 1. The van der Waals surface area contributed by atoms with Gasteiger partial charge in [-0.25, -0.2) is 0 Å². The molecule has 1 saturated carbocycles. The molecule has 3 rings (SSSR count). The van der Waals surface area contributed by atoms with Crippen LogP contribution in [0, 0.1) is 0 Å². The molecule has 0 bridgehead atoms. The number of guanidine groups is 1. The molecule has 29 heavy (non-hydrogen) atoms. The first kappa shape index (κ1) is 24.3. The van der Waals surface area contributed by atoms with Crippen molar-refractivity contribution in [3.05, 3.63) is 35.2 Å². The maximum atomic E-state index is 10.6. The van der Waals surface area contributed by atoms with Gasteiger partial charge in [-0.15, -0.1) is 35.3 Å². The molecule has 0 aliphatic heterocycles. The zero-order chi connectivity index (χ0) is 19.8. The van der Waals surface area contributed by atoms with E-state index in [1.54, 1.807) is 18.4 Å². The van der Waals surface area contributed by atoms with Crippen molar-refractivity contribution in [1.82, 2.24) is 15.5 Å². The smallest absolute Gasteiger partial charge is 0.191 e. The van der Waals surface area contributed by atoms with Crippen molar-refractivity contribution >= 4 is 51.4 Å².